The van der Waals surface area contributed by atoms with Gasteiger partial charge >= 0.3 is 0 Å². The highest BCUT2D eigenvalue weighted by Gasteiger charge is 2.07. The lowest BCUT2D eigenvalue weighted by molar-refractivity contribution is 0.586. The molecule has 2 rings (SSSR count). The summed E-state index contributed by atoms with van der Waals surface area (Å²) < 4.78 is 26.0. The summed E-state index contributed by atoms with van der Waals surface area (Å²) in [6, 6.07) is 3.03. The van der Waals surface area contributed by atoms with Gasteiger partial charge < -0.3 is 5.32 Å². The second kappa shape index (κ2) is 4.77. The molecule has 0 saturated heterocycles. The molecule has 1 heterocycles. The molecule has 0 radical (unpaired) electrons. The zero-order chi connectivity index (χ0) is 12.4. The lowest BCUT2D eigenvalue weighted by atomic mass is 10.3. The second-order valence-electron chi connectivity index (χ2n) is 2.95. The van der Waals surface area contributed by atoms with E-state index in [4.69, 9.17) is 23.2 Å². The number of nitrogens with one attached hydrogen (secondary N) is 1. The van der Waals surface area contributed by atoms with E-state index in [9.17, 15) is 8.78 Å². The average Bonchev–Trinajstić information content (AvgIpc) is 2.21. The van der Waals surface area contributed by atoms with Crippen molar-refractivity contribution < 1.29 is 8.78 Å². The molecule has 1 aromatic carbocycles. The molecule has 1 N–H and O–H groups in total. The van der Waals surface area contributed by atoms with E-state index in [1.165, 1.54) is 6.07 Å². The number of hydrogen-bond donors (Lipinski definition) is 1. The highest BCUT2D eigenvalue weighted by Crippen LogP contribution is 2.19. The number of halogens is 4. The van der Waals surface area contributed by atoms with Gasteiger partial charge in [-0.05, 0) is 35.3 Å². The minimum Gasteiger partial charge on any atom is -0.321 e. The van der Waals surface area contributed by atoms with Crippen molar-refractivity contribution in [1.29, 1.82) is 0 Å². The quantitative estimate of drug-likeness (QED) is 0.915. The Morgan fingerprint density at radius 3 is 2.24 bits per heavy atom. The minimum atomic E-state index is -0.780. The molecule has 0 aliphatic heterocycles. The van der Waals surface area contributed by atoms with Gasteiger partial charge in [-0.25, -0.2) is 8.78 Å². The van der Waals surface area contributed by atoms with Crippen molar-refractivity contribution in [3.8, 4) is 0 Å². The summed E-state index contributed by atoms with van der Waals surface area (Å²) >= 11 is 11.1. The summed E-state index contributed by atoms with van der Waals surface area (Å²) in [4.78, 5) is 10.9. The Labute approximate surface area is 105 Å². The molecular formula is C9H4Cl2F2N4. The van der Waals surface area contributed by atoms with Gasteiger partial charge in [-0.1, -0.05) is 0 Å². The molecule has 0 unspecified atom stereocenters. The monoisotopic (exact) mass is 276 g/mol. The van der Waals surface area contributed by atoms with Crippen molar-refractivity contribution in [2.24, 2.45) is 0 Å². The maximum atomic E-state index is 13.3. The third-order valence-electron chi connectivity index (χ3n) is 1.76. The van der Waals surface area contributed by atoms with Crippen LogP contribution in [0.4, 0.5) is 20.4 Å². The zero-order valence-electron chi connectivity index (χ0n) is 8.09. The SMILES string of the molecule is Fc1ccc(Nc2nc(Cl)nc(Cl)n2)c(F)c1. The number of rotatable bonds is 2. The van der Waals surface area contributed by atoms with Crippen LogP contribution in [0, 0.1) is 11.6 Å². The number of aromatic nitrogens is 3. The molecule has 0 spiro atoms. The molecule has 0 bridgehead atoms. The first-order valence-corrected chi connectivity index (χ1v) is 5.09. The van der Waals surface area contributed by atoms with Gasteiger partial charge in [0.15, 0.2) is 0 Å². The first-order chi connectivity index (χ1) is 8.04. The summed E-state index contributed by atoms with van der Waals surface area (Å²) in [5.74, 6) is -1.49. The molecule has 4 nitrogen and oxygen atoms in total. The Balaban J connectivity index is 2.31. The maximum absolute atomic E-state index is 13.3. The van der Waals surface area contributed by atoms with Gasteiger partial charge in [-0.3, -0.25) is 0 Å². The fourth-order valence-electron chi connectivity index (χ4n) is 1.09. The molecule has 0 saturated carbocycles. The predicted octanol–water partition coefficient (Wildman–Crippen LogP) is 3.20. The Bertz CT molecular complexity index is 544. The summed E-state index contributed by atoms with van der Waals surface area (Å²) in [6.45, 7) is 0. The van der Waals surface area contributed by atoms with Gasteiger partial charge in [-0.2, -0.15) is 15.0 Å². The third kappa shape index (κ3) is 2.98. The molecule has 0 fully saturated rings. The Morgan fingerprint density at radius 1 is 1.00 bits per heavy atom. The molecule has 2 aromatic rings. The number of hydrogen-bond acceptors (Lipinski definition) is 4. The van der Waals surface area contributed by atoms with E-state index in [0.717, 1.165) is 12.1 Å². The molecular weight excluding hydrogens is 273 g/mol. The van der Waals surface area contributed by atoms with Gasteiger partial charge in [0.1, 0.15) is 11.6 Å². The van der Waals surface area contributed by atoms with E-state index in [0.29, 0.717) is 0 Å². The molecule has 0 aliphatic carbocycles. The summed E-state index contributed by atoms with van der Waals surface area (Å²) in [5, 5.41) is 2.25. The minimum absolute atomic E-state index is 0.00438. The molecule has 0 amide bonds. The van der Waals surface area contributed by atoms with Crippen molar-refractivity contribution in [2.45, 2.75) is 0 Å². The van der Waals surface area contributed by atoms with E-state index in [2.05, 4.69) is 20.3 Å². The average molecular weight is 277 g/mol. The molecule has 17 heavy (non-hydrogen) atoms. The van der Waals surface area contributed by atoms with Crippen LogP contribution in [0.25, 0.3) is 0 Å². The lowest BCUT2D eigenvalue weighted by Crippen LogP contribution is -2.01. The zero-order valence-corrected chi connectivity index (χ0v) is 9.60. The Kier molecular flexibility index (Phi) is 3.35. The maximum Gasteiger partial charge on any atom is 0.232 e. The van der Waals surface area contributed by atoms with Gasteiger partial charge in [0.05, 0.1) is 5.69 Å². The van der Waals surface area contributed by atoms with Crippen molar-refractivity contribution in [2.75, 3.05) is 5.32 Å². The highest BCUT2D eigenvalue weighted by molar-refractivity contribution is 6.31. The molecule has 0 aliphatic rings. The molecule has 88 valence electrons. The van der Waals surface area contributed by atoms with Crippen LogP contribution in [0.2, 0.25) is 10.6 Å². The van der Waals surface area contributed by atoms with Gasteiger partial charge in [0.25, 0.3) is 0 Å². The summed E-state index contributed by atoms with van der Waals surface area (Å²) in [6.07, 6.45) is 0. The third-order valence-corrected chi connectivity index (χ3v) is 2.10. The fourth-order valence-corrected chi connectivity index (χ4v) is 1.46. The molecule has 1 aromatic heterocycles. The standard InChI is InChI=1S/C9H4Cl2F2N4/c10-7-15-8(11)17-9(16-7)14-6-2-1-4(12)3-5(6)13/h1-3H,(H,14,15,16,17). The van der Waals surface area contributed by atoms with Crippen molar-refractivity contribution >= 4 is 34.8 Å². The summed E-state index contributed by atoms with van der Waals surface area (Å²) in [7, 11) is 0. The van der Waals surface area contributed by atoms with Gasteiger partial charge in [0.2, 0.25) is 16.5 Å². The van der Waals surface area contributed by atoms with Gasteiger partial charge in [0, 0.05) is 6.07 Å². The topological polar surface area (TPSA) is 50.7 Å². The normalized spacial score (nSPS) is 10.4. The largest absolute Gasteiger partial charge is 0.321 e. The predicted molar refractivity (Wildman–Crippen MR) is 59.5 cm³/mol. The van der Waals surface area contributed by atoms with Crippen LogP contribution in [-0.2, 0) is 0 Å². The van der Waals surface area contributed by atoms with Crippen LogP contribution in [0.15, 0.2) is 18.2 Å². The number of nitrogens with zero attached hydrogens (tertiary/aromatic N) is 3. The van der Waals surface area contributed by atoms with Crippen LogP contribution in [-0.4, -0.2) is 15.0 Å². The van der Waals surface area contributed by atoms with E-state index in [-0.39, 0.29) is 22.2 Å². The number of benzene rings is 1. The Morgan fingerprint density at radius 2 is 1.65 bits per heavy atom. The van der Waals surface area contributed by atoms with Crippen LogP contribution in [0.1, 0.15) is 0 Å². The van der Waals surface area contributed by atoms with Crippen molar-refractivity contribution in [1.82, 2.24) is 15.0 Å². The number of anilines is 2. The highest BCUT2D eigenvalue weighted by atomic mass is 35.5. The van der Waals surface area contributed by atoms with Gasteiger partial charge in [-0.15, -0.1) is 0 Å². The van der Waals surface area contributed by atoms with E-state index >= 15 is 0 Å². The van der Waals surface area contributed by atoms with E-state index < -0.39 is 11.6 Å². The van der Waals surface area contributed by atoms with E-state index in [1.807, 2.05) is 0 Å². The molecule has 0 atom stereocenters. The Hall–Kier alpha value is -1.53. The van der Waals surface area contributed by atoms with Crippen LogP contribution in [0.3, 0.4) is 0 Å². The van der Waals surface area contributed by atoms with E-state index in [1.54, 1.807) is 0 Å². The van der Waals surface area contributed by atoms with Crippen LogP contribution in [0.5, 0.6) is 0 Å². The second-order valence-corrected chi connectivity index (χ2v) is 3.62. The van der Waals surface area contributed by atoms with Crippen molar-refractivity contribution in [3.05, 3.63) is 40.4 Å². The first-order valence-electron chi connectivity index (χ1n) is 4.34. The fraction of sp³-hybridized carbons (Fsp3) is 0. The molecule has 8 heteroatoms. The first kappa shape index (κ1) is 11.9. The summed E-state index contributed by atoms with van der Waals surface area (Å²) in [5.41, 5.74) is 0.00438. The van der Waals surface area contributed by atoms with Crippen LogP contribution < -0.4 is 5.32 Å². The lowest BCUT2D eigenvalue weighted by Gasteiger charge is -2.05. The van der Waals surface area contributed by atoms with Crippen molar-refractivity contribution in [3.63, 3.8) is 0 Å². The van der Waals surface area contributed by atoms with Crippen LogP contribution >= 0.6 is 23.2 Å². The smallest absolute Gasteiger partial charge is 0.232 e.